The lowest BCUT2D eigenvalue weighted by atomic mass is 10.1. The molecule has 1 aliphatic rings. The first-order valence-corrected chi connectivity index (χ1v) is 11.0. The minimum Gasteiger partial charge on any atom is -0.472 e. The largest absolute Gasteiger partial charge is 0.472 e. The second-order valence-electron chi connectivity index (χ2n) is 8.48. The van der Waals surface area contributed by atoms with Crippen LogP contribution >= 0.6 is 12.2 Å². The second kappa shape index (κ2) is 9.44. The minimum absolute atomic E-state index is 0.00153. The molecule has 2 heterocycles. The Kier molecular flexibility index (Phi) is 6.43. The molecule has 3 aromatic rings. The molecule has 2 amide bonds. The van der Waals surface area contributed by atoms with Gasteiger partial charge in [-0.1, -0.05) is 24.3 Å². The van der Waals surface area contributed by atoms with Gasteiger partial charge in [-0.3, -0.25) is 19.8 Å². The Hall–Kier alpha value is -4.04. The minimum atomic E-state index is -0.584. The third kappa shape index (κ3) is 5.47. The third-order valence-electron chi connectivity index (χ3n) is 4.62. The summed E-state index contributed by atoms with van der Waals surface area (Å²) in [6, 6.07) is 21.4. The predicted molar refractivity (Wildman–Crippen MR) is 134 cm³/mol. The van der Waals surface area contributed by atoms with E-state index < -0.39 is 17.4 Å². The van der Waals surface area contributed by atoms with E-state index >= 15 is 0 Å². The number of carbonyl (C=O) groups is 2. The molecule has 1 aliphatic heterocycles. The van der Waals surface area contributed by atoms with Crippen molar-refractivity contribution in [2.24, 2.45) is 0 Å². The lowest BCUT2D eigenvalue weighted by Crippen LogP contribution is -2.54. The highest BCUT2D eigenvalue weighted by atomic mass is 32.1. The van der Waals surface area contributed by atoms with Gasteiger partial charge in [-0.2, -0.15) is 0 Å². The number of carbonyl (C=O) groups excluding carboxylic acids is 2. The number of thiocarbonyl (C=S) groups is 1. The van der Waals surface area contributed by atoms with Crippen molar-refractivity contribution in [2.45, 2.75) is 26.4 Å². The van der Waals surface area contributed by atoms with Crippen LogP contribution in [0.15, 0.2) is 78.4 Å². The van der Waals surface area contributed by atoms with Gasteiger partial charge in [0.15, 0.2) is 5.11 Å². The van der Waals surface area contributed by atoms with Crippen LogP contribution in [0.3, 0.4) is 0 Å². The zero-order chi connectivity index (χ0) is 24.3. The monoisotopic (exact) mass is 473 g/mol. The molecule has 8 heteroatoms. The maximum Gasteiger partial charge on any atom is 0.270 e. The van der Waals surface area contributed by atoms with Crippen LogP contribution in [0, 0.1) is 0 Å². The molecular weight excluding hydrogens is 450 g/mol. The molecule has 0 atom stereocenters. The number of aromatic nitrogens is 1. The van der Waals surface area contributed by atoms with E-state index in [-0.39, 0.29) is 10.7 Å². The number of hydrogen-bond donors (Lipinski definition) is 1. The smallest absolute Gasteiger partial charge is 0.270 e. The van der Waals surface area contributed by atoms with E-state index in [4.69, 9.17) is 21.7 Å². The van der Waals surface area contributed by atoms with Crippen LogP contribution in [0.1, 0.15) is 26.5 Å². The van der Waals surface area contributed by atoms with Crippen molar-refractivity contribution in [3.05, 3.63) is 84.1 Å². The maximum absolute atomic E-state index is 13.3. The Morgan fingerprint density at radius 2 is 1.59 bits per heavy atom. The lowest BCUT2D eigenvalue weighted by molar-refractivity contribution is -0.122. The fraction of sp³-hybridized carbons (Fsp3) is 0.154. The van der Waals surface area contributed by atoms with Gasteiger partial charge in [-0.05, 0) is 81.5 Å². The van der Waals surface area contributed by atoms with Gasteiger partial charge in [-0.15, -0.1) is 0 Å². The fourth-order valence-corrected chi connectivity index (χ4v) is 3.49. The molecule has 1 N–H and O–H groups in total. The molecule has 1 saturated heterocycles. The number of para-hydroxylation sites is 1. The van der Waals surface area contributed by atoms with E-state index in [0.29, 0.717) is 28.8 Å². The van der Waals surface area contributed by atoms with Crippen LogP contribution in [-0.4, -0.2) is 27.5 Å². The van der Waals surface area contributed by atoms with Gasteiger partial charge in [0, 0.05) is 6.07 Å². The Bertz CT molecular complexity index is 1270. The molecule has 172 valence electrons. The van der Waals surface area contributed by atoms with Crippen molar-refractivity contribution in [3.63, 3.8) is 0 Å². The van der Waals surface area contributed by atoms with Crippen LogP contribution < -0.4 is 19.7 Å². The van der Waals surface area contributed by atoms with E-state index in [1.54, 1.807) is 42.5 Å². The molecule has 4 rings (SSSR count). The number of hydrogen-bond acceptors (Lipinski definition) is 6. The Balaban J connectivity index is 1.58. The number of rotatable bonds is 5. The number of amides is 2. The highest BCUT2D eigenvalue weighted by Gasteiger charge is 2.34. The molecule has 34 heavy (non-hydrogen) atoms. The quantitative estimate of drug-likeness (QED) is 0.323. The van der Waals surface area contributed by atoms with Gasteiger partial charge in [0.05, 0.1) is 11.4 Å². The first-order valence-electron chi connectivity index (χ1n) is 10.6. The predicted octanol–water partition coefficient (Wildman–Crippen LogP) is 4.88. The van der Waals surface area contributed by atoms with Gasteiger partial charge < -0.3 is 9.47 Å². The van der Waals surface area contributed by atoms with Crippen LogP contribution in [-0.2, 0) is 9.59 Å². The number of ether oxygens (including phenoxy) is 2. The summed E-state index contributed by atoms with van der Waals surface area (Å²) in [7, 11) is 0. The standard InChI is InChI=1S/C26H23N3O4S/c1-26(2,3)33-22-11-7-8-17(27-22)16-21-23(30)28-25(34)29(24(21)31)18-12-14-20(15-13-18)32-19-9-5-4-6-10-19/h4-16H,1-3H3,(H,28,30,34)/b21-16+. The Morgan fingerprint density at radius 1 is 0.912 bits per heavy atom. The summed E-state index contributed by atoms with van der Waals surface area (Å²) in [6.07, 6.45) is 1.43. The molecule has 2 aromatic carbocycles. The van der Waals surface area contributed by atoms with E-state index in [0.717, 1.165) is 0 Å². The van der Waals surface area contributed by atoms with Crippen LogP contribution in [0.5, 0.6) is 17.4 Å². The van der Waals surface area contributed by atoms with Gasteiger partial charge in [0.25, 0.3) is 11.8 Å². The van der Waals surface area contributed by atoms with Gasteiger partial charge >= 0.3 is 0 Å². The van der Waals surface area contributed by atoms with Crippen molar-refractivity contribution < 1.29 is 19.1 Å². The third-order valence-corrected chi connectivity index (χ3v) is 4.91. The maximum atomic E-state index is 13.3. The van der Waals surface area contributed by atoms with Gasteiger partial charge in [0.2, 0.25) is 5.88 Å². The Labute approximate surface area is 203 Å². The summed E-state index contributed by atoms with van der Waals surface area (Å²) in [5.41, 5.74) is 0.397. The van der Waals surface area contributed by atoms with Crippen molar-refractivity contribution in [3.8, 4) is 17.4 Å². The lowest BCUT2D eigenvalue weighted by Gasteiger charge is -2.29. The van der Waals surface area contributed by atoms with E-state index in [1.165, 1.54) is 11.0 Å². The summed E-state index contributed by atoms with van der Waals surface area (Å²) in [4.78, 5) is 31.5. The molecule has 0 bridgehead atoms. The average Bonchev–Trinajstić information content (AvgIpc) is 2.77. The van der Waals surface area contributed by atoms with Crippen LogP contribution in [0.2, 0.25) is 0 Å². The molecule has 0 unspecified atom stereocenters. The van der Waals surface area contributed by atoms with E-state index in [9.17, 15) is 9.59 Å². The topological polar surface area (TPSA) is 80.8 Å². The Morgan fingerprint density at radius 3 is 2.26 bits per heavy atom. The molecule has 1 aromatic heterocycles. The first-order chi connectivity index (χ1) is 16.2. The summed E-state index contributed by atoms with van der Waals surface area (Å²) in [5.74, 6) is 0.563. The molecular formula is C26H23N3O4S. The van der Waals surface area contributed by atoms with Gasteiger partial charge in [-0.25, -0.2) is 4.98 Å². The SMILES string of the molecule is CC(C)(C)Oc1cccc(/C=C2\C(=O)NC(=S)N(c3ccc(Oc4ccccc4)cc3)C2=O)n1. The number of benzene rings is 2. The first kappa shape index (κ1) is 23.1. The summed E-state index contributed by atoms with van der Waals surface area (Å²) in [6.45, 7) is 5.73. The molecule has 0 saturated carbocycles. The van der Waals surface area contributed by atoms with Crippen molar-refractivity contribution in [1.29, 1.82) is 0 Å². The molecule has 0 aliphatic carbocycles. The van der Waals surface area contributed by atoms with Crippen LogP contribution in [0.4, 0.5) is 5.69 Å². The number of anilines is 1. The molecule has 0 spiro atoms. The normalized spacial score (nSPS) is 15.3. The number of nitrogens with zero attached hydrogens (tertiary/aromatic N) is 2. The number of nitrogens with one attached hydrogen (secondary N) is 1. The van der Waals surface area contributed by atoms with Crippen molar-refractivity contribution in [2.75, 3.05) is 4.90 Å². The number of pyridine rings is 1. The summed E-state index contributed by atoms with van der Waals surface area (Å²) >= 11 is 5.28. The highest BCUT2D eigenvalue weighted by Crippen LogP contribution is 2.27. The van der Waals surface area contributed by atoms with E-state index in [1.807, 2.05) is 51.1 Å². The molecule has 7 nitrogen and oxygen atoms in total. The van der Waals surface area contributed by atoms with Crippen molar-refractivity contribution >= 4 is 40.9 Å². The highest BCUT2D eigenvalue weighted by molar-refractivity contribution is 7.80. The summed E-state index contributed by atoms with van der Waals surface area (Å²) < 4.78 is 11.6. The summed E-state index contributed by atoms with van der Waals surface area (Å²) in [5, 5.41) is 2.58. The average molecular weight is 474 g/mol. The zero-order valence-corrected chi connectivity index (χ0v) is 19.8. The zero-order valence-electron chi connectivity index (χ0n) is 18.9. The van der Waals surface area contributed by atoms with E-state index in [2.05, 4.69) is 10.3 Å². The van der Waals surface area contributed by atoms with Crippen molar-refractivity contribution in [1.82, 2.24) is 10.3 Å². The fourth-order valence-electron chi connectivity index (χ4n) is 3.21. The molecule has 0 radical (unpaired) electrons. The van der Waals surface area contributed by atoms with Gasteiger partial charge in [0.1, 0.15) is 22.7 Å². The molecule has 1 fully saturated rings. The van der Waals surface area contributed by atoms with Crippen LogP contribution in [0.25, 0.3) is 6.08 Å². The second-order valence-corrected chi connectivity index (χ2v) is 8.87.